The molecule has 0 aliphatic carbocycles. The predicted molar refractivity (Wildman–Crippen MR) is 74.0 cm³/mol. The molecule has 1 aromatic carbocycles. The fraction of sp³-hybridized carbons (Fsp3) is 0.0769. The molecule has 1 heterocycles. The molecular formula is C13H7Cl3N2. The van der Waals surface area contributed by atoms with E-state index < -0.39 is 0 Å². The van der Waals surface area contributed by atoms with E-state index in [1.807, 2.05) is 0 Å². The summed E-state index contributed by atoms with van der Waals surface area (Å²) in [6, 6.07) is 8.96. The number of rotatable bonds is 2. The zero-order chi connectivity index (χ0) is 13.1. The van der Waals surface area contributed by atoms with Crippen LogP contribution in [0.25, 0.3) is 11.3 Å². The molecule has 0 saturated carbocycles. The van der Waals surface area contributed by atoms with E-state index in [1.54, 1.807) is 24.3 Å². The van der Waals surface area contributed by atoms with Crippen molar-refractivity contribution in [2.45, 2.75) is 6.42 Å². The van der Waals surface area contributed by atoms with Gasteiger partial charge in [-0.3, -0.25) is 4.98 Å². The molecule has 0 spiro atoms. The topological polar surface area (TPSA) is 36.7 Å². The Labute approximate surface area is 120 Å². The first-order chi connectivity index (χ1) is 8.61. The first-order valence-electron chi connectivity index (χ1n) is 5.08. The van der Waals surface area contributed by atoms with Crippen LogP contribution in [-0.2, 0) is 6.42 Å². The van der Waals surface area contributed by atoms with Gasteiger partial charge in [0.1, 0.15) is 0 Å². The zero-order valence-electron chi connectivity index (χ0n) is 9.12. The maximum Gasteiger partial charge on any atom is 0.0760 e. The minimum atomic E-state index is 0.224. The summed E-state index contributed by atoms with van der Waals surface area (Å²) in [6.07, 6.45) is 1.75. The van der Waals surface area contributed by atoms with Crippen LogP contribution in [0, 0.1) is 11.3 Å². The van der Waals surface area contributed by atoms with Gasteiger partial charge in [0, 0.05) is 16.8 Å². The smallest absolute Gasteiger partial charge is 0.0760 e. The standard InChI is InChI=1S/C13H7Cl3N2/c14-9-1-2-11(12(16)6-9)13-8(3-4-17)5-10(15)7-18-13/h1-2,5-7H,3H2. The fourth-order valence-corrected chi connectivity index (χ4v) is 2.30. The lowest BCUT2D eigenvalue weighted by atomic mass is 10.0. The van der Waals surface area contributed by atoms with Gasteiger partial charge >= 0.3 is 0 Å². The molecule has 1 aromatic heterocycles. The van der Waals surface area contributed by atoms with Crippen molar-refractivity contribution in [3.63, 3.8) is 0 Å². The van der Waals surface area contributed by atoms with E-state index in [0.717, 1.165) is 11.1 Å². The van der Waals surface area contributed by atoms with Gasteiger partial charge in [-0.05, 0) is 29.8 Å². The molecule has 2 rings (SSSR count). The number of nitrogens with zero attached hydrogens (tertiary/aromatic N) is 2. The first kappa shape index (κ1) is 13.2. The third-order valence-electron chi connectivity index (χ3n) is 2.39. The maximum absolute atomic E-state index is 8.82. The summed E-state index contributed by atoms with van der Waals surface area (Å²) >= 11 is 17.9. The Morgan fingerprint density at radius 1 is 1.11 bits per heavy atom. The number of pyridine rings is 1. The normalized spacial score (nSPS) is 10.1. The molecule has 2 nitrogen and oxygen atoms in total. The van der Waals surface area contributed by atoms with Crippen molar-refractivity contribution in [3.05, 3.63) is 51.1 Å². The largest absolute Gasteiger partial charge is 0.254 e. The molecule has 2 aromatic rings. The van der Waals surface area contributed by atoms with Crippen LogP contribution >= 0.6 is 34.8 Å². The quantitative estimate of drug-likeness (QED) is 0.800. The minimum Gasteiger partial charge on any atom is -0.254 e. The monoisotopic (exact) mass is 296 g/mol. The van der Waals surface area contributed by atoms with Gasteiger partial charge in [-0.15, -0.1) is 0 Å². The van der Waals surface area contributed by atoms with Crippen LogP contribution < -0.4 is 0 Å². The average Bonchev–Trinajstić information content (AvgIpc) is 2.31. The van der Waals surface area contributed by atoms with Crippen molar-refractivity contribution in [1.82, 2.24) is 4.98 Å². The number of nitriles is 1. The van der Waals surface area contributed by atoms with Crippen molar-refractivity contribution in [3.8, 4) is 17.3 Å². The third-order valence-corrected chi connectivity index (χ3v) is 3.14. The second kappa shape index (κ2) is 5.58. The Morgan fingerprint density at radius 2 is 1.89 bits per heavy atom. The lowest BCUT2D eigenvalue weighted by Crippen LogP contribution is -1.93. The number of aromatic nitrogens is 1. The average molecular weight is 298 g/mol. The highest BCUT2D eigenvalue weighted by Crippen LogP contribution is 2.32. The van der Waals surface area contributed by atoms with Gasteiger partial charge in [0.15, 0.2) is 0 Å². The Kier molecular flexibility index (Phi) is 4.08. The third kappa shape index (κ3) is 2.76. The summed E-state index contributed by atoms with van der Waals surface area (Å²) in [7, 11) is 0. The van der Waals surface area contributed by atoms with Crippen LogP contribution in [0.4, 0.5) is 0 Å². The second-order valence-corrected chi connectivity index (χ2v) is 4.90. The van der Waals surface area contributed by atoms with Crippen LogP contribution in [0.15, 0.2) is 30.5 Å². The summed E-state index contributed by atoms with van der Waals surface area (Å²) < 4.78 is 0. The van der Waals surface area contributed by atoms with Crippen LogP contribution in [0.1, 0.15) is 5.56 Å². The van der Waals surface area contributed by atoms with E-state index in [1.165, 1.54) is 6.20 Å². The molecule has 0 aliphatic rings. The van der Waals surface area contributed by atoms with Gasteiger partial charge in [0.25, 0.3) is 0 Å². The van der Waals surface area contributed by atoms with Crippen molar-refractivity contribution >= 4 is 34.8 Å². The van der Waals surface area contributed by atoms with Gasteiger partial charge in [0.2, 0.25) is 0 Å². The Balaban J connectivity index is 2.60. The van der Waals surface area contributed by atoms with E-state index in [0.29, 0.717) is 20.8 Å². The van der Waals surface area contributed by atoms with Gasteiger partial charge in [-0.1, -0.05) is 34.8 Å². The van der Waals surface area contributed by atoms with Gasteiger partial charge in [-0.2, -0.15) is 5.26 Å². The molecule has 0 unspecified atom stereocenters. The van der Waals surface area contributed by atoms with E-state index >= 15 is 0 Å². The SMILES string of the molecule is N#CCc1cc(Cl)cnc1-c1ccc(Cl)cc1Cl. The molecule has 0 atom stereocenters. The zero-order valence-corrected chi connectivity index (χ0v) is 11.4. The minimum absolute atomic E-state index is 0.224. The van der Waals surface area contributed by atoms with E-state index in [4.69, 9.17) is 40.1 Å². The Bertz CT molecular complexity index is 633. The van der Waals surface area contributed by atoms with E-state index in [9.17, 15) is 0 Å². The van der Waals surface area contributed by atoms with E-state index in [2.05, 4.69) is 11.1 Å². The molecule has 0 aliphatic heterocycles. The molecule has 0 radical (unpaired) electrons. The summed E-state index contributed by atoms with van der Waals surface area (Å²) in [6.45, 7) is 0. The van der Waals surface area contributed by atoms with Crippen molar-refractivity contribution in [1.29, 1.82) is 5.26 Å². The first-order valence-corrected chi connectivity index (χ1v) is 6.22. The highest BCUT2D eigenvalue weighted by atomic mass is 35.5. The highest BCUT2D eigenvalue weighted by molar-refractivity contribution is 6.36. The number of benzene rings is 1. The van der Waals surface area contributed by atoms with Crippen molar-refractivity contribution in [2.75, 3.05) is 0 Å². The number of hydrogen-bond donors (Lipinski definition) is 0. The second-order valence-electron chi connectivity index (χ2n) is 3.62. The maximum atomic E-state index is 8.82. The number of halogens is 3. The molecule has 0 saturated heterocycles. The molecule has 0 amide bonds. The summed E-state index contributed by atoms with van der Waals surface area (Å²) in [4.78, 5) is 4.25. The van der Waals surface area contributed by atoms with Crippen LogP contribution in [0.3, 0.4) is 0 Å². The fourth-order valence-electron chi connectivity index (χ4n) is 1.63. The molecule has 0 N–H and O–H groups in total. The molecular weight excluding hydrogens is 291 g/mol. The molecule has 18 heavy (non-hydrogen) atoms. The van der Waals surface area contributed by atoms with Crippen LogP contribution in [0.5, 0.6) is 0 Å². The summed E-state index contributed by atoms with van der Waals surface area (Å²) in [5.41, 5.74) is 2.14. The summed E-state index contributed by atoms with van der Waals surface area (Å²) in [5.74, 6) is 0. The van der Waals surface area contributed by atoms with E-state index in [-0.39, 0.29) is 6.42 Å². The van der Waals surface area contributed by atoms with Crippen molar-refractivity contribution < 1.29 is 0 Å². The molecule has 0 fully saturated rings. The molecule has 0 bridgehead atoms. The molecule has 5 heteroatoms. The Hall–Kier alpha value is -1.27. The van der Waals surface area contributed by atoms with Crippen LogP contribution in [0.2, 0.25) is 15.1 Å². The lowest BCUT2D eigenvalue weighted by Gasteiger charge is -2.08. The van der Waals surface area contributed by atoms with Gasteiger partial charge in [0.05, 0.1) is 28.2 Å². The lowest BCUT2D eigenvalue weighted by molar-refractivity contribution is 1.20. The predicted octanol–water partition coefficient (Wildman–Crippen LogP) is 4.77. The highest BCUT2D eigenvalue weighted by Gasteiger charge is 2.11. The van der Waals surface area contributed by atoms with Gasteiger partial charge < -0.3 is 0 Å². The van der Waals surface area contributed by atoms with Crippen molar-refractivity contribution in [2.24, 2.45) is 0 Å². The Morgan fingerprint density at radius 3 is 2.56 bits per heavy atom. The van der Waals surface area contributed by atoms with Gasteiger partial charge in [-0.25, -0.2) is 0 Å². The number of hydrogen-bond acceptors (Lipinski definition) is 2. The molecule has 90 valence electrons. The van der Waals surface area contributed by atoms with Crippen LogP contribution in [-0.4, -0.2) is 4.98 Å². The summed E-state index contributed by atoms with van der Waals surface area (Å²) in [5, 5.41) is 10.4.